The number of Topliss-reactive ketones (excluding diaryl/α,β-unsaturated/α-hetero) is 1. The molecular formula is C30H57NO4. The maximum atomic E-state index is 12.4. The van der Waals surface area contributed by atoms with Gasteiger partial charge >= 0.3 is 5.97 Å². The van der Waals surface area contributed by atoms with E-state index in [-0.39, 0.29) is 18.1 Å². The predicted molar refractivity (Wildman–Crippen MR) is 146 cm³/mol. The number of rotatable bonds is 26. The van der Waals surface area contributed by atoms with Gasteiger partial charge in [-0.2, -0.15) is 0 Å². The fourth-order valence-electron chi connectivity index (χ4n) is 4.38. The van der Waals surface area contributed by atoms with Gasteiger partial charge in [0.05, 0.1) is 6.61 Å². The molecule has 0 rings (SSSR count). The van der Waals surface area contributed by atoms with E-state index in [1.54, 1.807) is 0 Å². The fraction of sp³-hybridized carbons (Fsp3) is 0.900. The Morgan fingerprint density at radius 3 is 1.43 bits per heavy atom. The lowest BCUT2D eigenvalue weighted by Crippen LogP contribution is -2.43. The fourth-order valence-corrected chi connectivity index (χ4v) is 4.38. The number of carbonyl (C=O) groups is 3. The van der Waals surface area contributed by atoms with E-state index in [4.69, 9.17) is 4.74 Å². The second-order valence-electron chi connectivity index (χ2n) is 10.3. The molecule has 0 aromatic carbocycles. The summed E-state index contributed by atoms with van der Waals surface area (Å²) in [5, 5.41) is 2.73. The minimum absolute atomic E-state index is 0.000585. The zero-order chi connectivity index (χ0) is 26.0. The molecular weight excluding hydrogens is 438 g/mol. The number of nitrogens with one attached hydrogen (secondary N) is 1. The Morgan fingerprint density at radius 2 is 1.00 bits per heavy atom. The lowest BCUT2D eigenvalue weighted by molar-refractivity contribution is -0.149. The maximum absolute atomic E-state index is 12.4. The lowest BCUT2D eigenvalue weighted by Gasteiger charge is -2.16. The zero-order valence-corrected chi connectivity index (χ0v) is 23.5. The smallest absolute Gasteiger partial charge is 0.329 e. The second kappa shape index (κ2) is 25.7. The highest BCUT2D eigenvalue weighted by molar-refractivity contribution is 5.89. The van der Waals surface area contributed by atoms with Crippen molar-refractivity contribution in [3.05, 3.63) is 0 Å². The molecule has 1 atom stereocenters. The Hall–Kier alpha value is -1.39. The summed E-state index contributed by atoms with van der Waals surface area (Å²) in [5.74, 6) is -0.760. The lowest BCUT2D eigenvalue weighted by atomic mass is 10.0. The molecule has 1 N–H and O–H groups in total. The van der Waals surface area contributed by atoms with Crippen LogP contribution in [0, 0.1) is 0 Å². The van der Waals surface area contributed by atoms with E-state index in [1.807, 2.05) is 0 Å². The highest BCUT2D eigenvalue weighted by Crippen LogP contribution is 2.12. The molecule has 206 valence electrons. The molecule has 0 saturated heterocycles. The molecule has 1 amide bonds. The number of carbonyl (C=O) groups excluding carboxylic acids is 3. The molecule has 35 heavy (non-hydrogen) atoms. The number of ether oxygens (including phenoxy) is 1. The Labute approximate surface area is 216 Å². The average Bonchev–Trinajstić information content (AvgIpc) is 2.82. The predicted octanol–water partition coefficient (Wildman–Crippen LogP) is 8.23. The molecule has 0 saturated carbocycles. The summed E-state index contributed by atoms with van der Waals surface area (Å²) in [5.41, 5.74) is 0. The van der Waals surface area contributed by atoms with E-state index in [1.165, 1.54) is 96.8 Å². The Morgan fingerprint density at radius 1 is 0.600 bits per heavy atom. The molecule has 0 aliphatic heterocycles. The van der Waals surface area contributed by atoms with Crippen molar-refractivity contribution in [2.75, 3.05) is 6.61 Å². The van der Waals surface area contributed by atoms with E-state index in [0.717, 1.165) is 38.5 Å². The first-order valence-corrected chi connectivity index (χ1v) is 15.0. The number of esters is 1. The van der Waals surface area contributed by atoms with E-state index in [2.05, 4.69) is 19.2 Å². The number of hydrogen-bond donors (Lipinski definition) is 1. The molecule has 0 heterocycles. The van der Waals surface area contributed by atoms with E-state index < -0.39 is 12.0 Å². The van der Waals surface area contributed by atoms with Gasteiger partial charge in [-0.15, -0.1) is 0 Å². The molecule has 0 aromatic rings. The van der Waals surface area contributed by atoms with Crippen molar-refractivity contribution >= 4 is 17.7 Å². The molecule has 0 aromatic heterocycles. The normalized spacial score (nSPS) is 11.9. The third-order valence-electron chi connectivity index (χ3n) is 6.61. The topological polar surface area (TPSA) is 72.5 Å². The van der Waals surface area contributed by atoms with Crippen LogP contribution in [0.1, 0.15) is 162 Å². The third-order valence-corrected chi connectivity index (χ3v) is 6.61. The van der Waals surface area contributed by atoms with Gasteiger partial charge < -0.3 is 10.1 Å². The van der Waals surface area contributed by atoms with Gasteiger partial charge in [0.1, 0.15) is 11.8 Å². The molecule has 0 unspecified atom stereocenters. The first-order valence-electron chi connectivity index (χ1n) is 15.0. The Kier molecular flexibility index (Phi) is 24.7. The van der Waals surface area contributed by atoms with Crippen LogP contribution in [0.3, 0.4) is 0 Å². The summed E-state index contributed by atoms with van der Waals surface area (Å²) < 4.78 is 5.37. The highest BCUT2D eigenvalue weighted by atomic mass is 16.5. The van der Waals surface area contributed by atoms with Gasteiger partial charge in [-0.1, -0.05) is 129 Å². The van der Waals surface area contributed by atoms with Gasteiger partial charge in [0.15, 0.2) is 0 Å². The van der Waals surface area contributed by atoms with Crippen molar-refractivity contribution in [2.24, 2.45) is 0 Å². The van der Waals surface area contributed by atoms with Crippen LogP contribution in [-0.4, -0.2) is 30.3 Å². The van der Waals surface area contributed by atoms with Crippen LogP contribution in [0.15, 0.2) is 0 Å². The van der Waals surface area contributed by atoms with Crippen LogP contribution in [0.25, 0.3) is 0 Å². The van der Waals surface area contributed by atoms with E-state index in [9.17, 15) is 14.4 Å². The standard InChI is InChI=1S/C30H57NO4/c1-4-6-8-10-12-14-15-16-18-20-22-24-29(33)31-28(26-27(3)32)30(34)35-25-23-21-19-17-13-11-9-7-5-2/h28H,4-26H2,1-3H3,(H,31,33)/t28-/m0/s1. The van der Waals surface area contributed by atoms with Crippen molar-refractivity contribution in [2.45, 2.75) is 168 Å². The van der Waals surface area contributed by atoms with Gasteiger partial charge in [-0.3, -0.25) is 9.59 Å². The monoisotopic (exact) mass is 495 g/mol. The zero-order valence-electron chi connectivity index (χ0n) is 23.5. The van der Waals surface area contributed by atoms with Gasteiger partial charge in [0.25, 0.3) is 0 Å². The SMILES string of the molecule is CCCCCCCCCCCCCC(=O)N[C@@H](CC(C)=O)C(=O)OCCCCCCCCCCC. The quantitative estimate of drug-likeness (QED) is 0.0969. The highest BCUT2D eigenvalue weighted by Gasteiger charge is 2.23. The minimum Gasteiger partial charge on any atom is -0.464 e. The number of amides is 1. The Bertz CT molecular complexity index is 520. The van der Waals surface area contributed by atoms with Crippen molar-refractivity contribution in [1.82, 2.24) is 5.32 Å². The Balaban J connectivity index is 3.88. The van der Waals surface area contributed by atoms with Crippen LogP contribution in [0.2, 0.25) is 0 Å². The van der Waals surface area contributed by atoms with Gasteiger partial charge in [0, 0.05) is 12.8 Å². The average molecular weight is 496 g/mol. The van der Waals surface area contributed by atoms with Crippen LogP contribution >= 0.6 is 0 Å². The summed E-state index contributed by atoms with van der Waals surface area (Å²) in [6.45, 7) is 6.27. The van der Waals surface area contributed by atoms with Crippen molar-refractivity contribution in [3.8, 4) is 0 Å². The van der Waals surface area contributed by atoms with Crippen LogP contribution in [-0.2, 0) is 19.1 Å². The molecule has 0 fully saturated rings. The molecule has 0 aliphatic rings. The van der Waals surface area contributed by atoms with E-state index >= 15 is 0 Å². The largest absolute Gasteiger partial charge is 0.464 e. The molecule has 0 bridgehead atoms. The van der Waals surface area contributed by atoms with Crippen LogP contribution in [0.4, 0.5) is 0 Å². The van der Waals surface area contributed by atoms with Gasteiger partial charge in [-0.25, -0.2) is 4.79 Å². The summed E-state index contributed by atoms with van der Waals surface area (Å²) >= 11 is 0. The van der Waals surface area contributed by atoms with E-state index in [0.29, 0.717) is 13.0 Å². The second-order valence-corrected chi connectivity index (χ2v) is 10.3. The summed E-state index contributed by atoms with van der Waals surface area (Å²) in [6, 6.07) is -0.855. The third kappa shape index (κ3) is 24.1. The van der Waals surface area contributed by atoms with Crippen LogP contribution < -0.4 is 5.32 Å². The molecule has 0 aliphatic carbocycles. The van der Waals surface area contributed by atoms with Crippen molar-refractivity contribution in [1.29, 1.82) is 0 Å². The van der Waals surface area contributed by atoms with Crippen molar-refractivity contribution in [3.63, 3.8) is 0 Å². The summed E-state index contributed by atoms with van der Waals surface area (Å²) in [4.78, 5) is 36.3. The molecule has 0 radical (unpaired) electrons. The number of unbranched alkanes of at least 4 members (excludes halogenated alkanes) is 18. The van der Waals surface area contributed by atoms with Crippen LogP contribution in [0.5, 0.6) is 0 Å². The molecule has 5 heteroatoms. The molecule has 5 nitrogen and oxygen atoms in total. The first kappa shape index (κ1) is 33.6. The summed E-state index contributed by atoms with van der Waals surface area (Å²) in [6.07, 6.45) is 24.8. The van der Waals surface area contributed by atoms with Crippen molar-refractivity contribution < 1.29 is 19.1 Å². The molecule has 0 spiro atoms. The minimum atomic E-state index is -0.855. The van der Waals surface area contributed by atoms with Gasteiger partial charge in [-0.05, 0) is 19.8 Å². The summed E-state index contributed by atoms with van der Waals surface area (Å²) in [7, 11) is 0. The number of hydrogen-bond acceptors (Lipinski definition) is 4. The number of ketones is 1. The first-order chi connectivity index (χ1) is 17.0. The van der Waals surface area contributed by atoms with Gasteiger partial charge in [0.2, 0.25) is 5.91 Å². The maximum Gasteiger partial charge on any atom is 0.329 e.